The number of hydrogen-bond donors (Lipinski definition) is 1. The van der Waals surface area contributed by atoms with Crippen LogP contribution < -0.4 is 14.8 Å². The lowest BCUT2D eigenvalue weighted by molar-refractivity contribution is 0.0762. The lowest BCUT2D eigenvalue weighted by Gasteiger charge is -2.23. The van der Waals surface area contributed by atoms with E-state index in [-0.39, 0.29) is 30.6 Å². The minimum atomic E-state index is -0.602. The summed E-state index contributed by atoms with van der Waals surface area (Å²) in [6.07, 6.45) is 2.21. The summed E-state index contributed by atoms with van der Waals surface area (Å²) in [5.74, 6) is -0.0487. The largest absolute Gasteiger partial charge is 0.478 e. The second kappa shape index (κ2) is 13.0. The van der Waals surface area contributed by atoms with Gasteiger partial charge in [0.25, 0.3) is 5.91 Å². The second-order valence-electron chi connectivity index (χ2n) is 10.7. The number of unbranched alkanes of at least 4 members (excludes halogenated alkanes) is 1. The van der Waals surface area contributed by atoms with Gasteiger partial charge in [-0.25, -0.2) is 9.18 Å². The number of carbonyl (C=O) groups excluding carboxylic acids is 2. The van der Waals surface area contributed by atoms with Crippen molar-refractivity contribution in [3.05, 3.63) is 137 Å². The van der Waals surface area contributed by atoms with Crippen molar-refractivity contribution in [2.24, 2.45) is 0 Å². The average Bonchev–Trinajstić information content (AvgIpc) is 3.38. The Labute approximate surface area is 255 Å². The predicted octanol–water partition coefficient (Wildman–Crippen LogP) is 7.59. The molecule has 1 aliphatic heterocycles. The molecule has 6 rings (SSSR count). The van der Waals surface area contributed by atoms with E-state index in [1.807, 2.05) is 73.7 Å². The molecule has 5 aromatic rings. The number of hydrogen-bond acceptors (Lipinski definition) is 5. The van der Waals surface area contributed by atoms with E-state index in [0.717, 1.165) is 29.5 Å². The van der Waals surface area contributed by atoms with Gasteiger partial charge in [-0.15, -0.1) is 0 Å². The van der Waals surface area contributed by atoms with E-state index in [4.69, 9.17) is 9.47 Å². The number of benzene rings is 4. The summed E-state index contributed by atoms with van der Waals surface area (Å²) < 4.78 is 26.4. The summed E-state index contributed by atoms with van der Waals surface area (Å²) >= 11 is 0. The van der Waals surface area contributed by atoms with Gasteiger partial charge in [-0.1, -0.05) is 86.1 Å². The number of ether oxygens (including phenoxy) is 2. The molecular weight excluding hydrogens is 557 g/mol. The standard InChI is InChI=1S/C36H32FN3O4/c1-2-3-20-39-36(42)44-33-28-15-10-21-38-31(28)34(43-32(25-11-6-4-7-12-25)26-13-8-5-9-14-26)30-29(33)23-40(35(30)41)22-24-16-18-27(37)19-17-24/h4-19,21,32H,2-3,20,22-23H2,1H3,(H,39,42). The van der Waals surface area contributed by atoms with Crippen LogP contribution in [0.5, 0.6) is 11.5 Å². The Balaban J connectivity index is 1.49. The van der Waals surface area contributed by atoms with E-state index < -0.39 is 12.2 Å². The Morgan fingerprint density at radius 1 is 0.932 bits per heavy atom. The van der Waals surface area contributed by atoms with Crippen LogP contribution in [-0.2, 0) is 13.1 Å². The van der Waals surface area contributed by atoms with E-state index >= 15 is 0 Å². The maximum absolute atomic E-state index is 14.2. The topological polar surface area (TPSA) is 80.8 Å². The molecule has 0 radical (unpaired) electrons. The highest BCUT2D eigenvalue weighted by atomic mass is 19.1. The molecule has 1 aromatic heterocycles. The average molecular weight is 590 g/mol. The van der Waals surface area contributed by atoms with Gasteiger partial charge in [0.05, 0.1) is 12.1 Å². The number of fused-ring (bicyclic) bond motifs is 2. The number of carbonyl (C=O) groups is 2. The Kier molecular flexibility index (Phi) is 8.50. The van der Waals surface area contributed by atoms with Gasteiger partial charge in [0.1, 0.15) is 23.2 Å². The van der Waals surface area contributed by atoms with Crippen LogP contribution in [-0.4, -0.2) is 28.4 Å². The third-order valence-corrected chi connectivity index (χ3v) is 7.64. The first kappa shape index (κ1) is 28.9. The zero-order valence-corrected chi connectivity index (χ0v) is 24.3. The molecule has 0 saturated heterocycles. The van der Waals surface area contributed by atoms with E-state index in [9.17, 15) is 14.0 Å². The highest BCUT2D eigenvalue weighted by molar-refractivity contribution is 6.09. The van der Waals surface area contributed by atoms with E-state index in [1.165, 1.54) is 12.1 Å². The molecule has 2 amide bonds. The van der Waals surface area contributed by atoms with Crippen LogP contribution in [0.2, 0.25) is 0 Å². The summed E-state index contributed by atoms with van der Waals surface area (Å²) in [6.45, 7) is 2.92. The summed E-state index contributed by atoms with van der Waals surface area (Å²) in [5, 5.41) is 3.36. The molecule has 0 bridgehead atoms. The molecular formula is C36H32FN3O4. The van der Waals surface area contributed by atoms with E-state index in [1.54, 1.807) is 29.3 Å². The van der Waals surface area contributed by atoms with Gasteiger partial charge in [0.2, 0.25) is 0 Å². The van der Waals surface area contributed by atoms with Crippen molar-refractivity contribution in [2.45, 2.75) is 39.0 Å². The maximum Gasteiger partial charge on any atom is 0.412 e. The molecule has 4 aromatic carbocycles. The Bertz CT molecular complexity index is 1740. The molecule has 0 fully saturated rings. The number of nitrogens with one attached hydrogen (secondary N) is 1. The molecule has 0 aliphatic carbocycles. The third-order valence-electron chi connectivity index (χ3n) is 7.64. The van der Waals surface area contributed by atoms with E-state index in [2.05, 4.69) is 10.3 Å². The highest BCUT2D eigenvalue weighted by Crippen LogP contribution is 2.46. The van der Waals surface area contributed by atoms with Crippen LogP contribution in [0, 0.1) is 5.82 Å². The molecule has 0 saturated carbocycles. The van der Waals surface area contributed by atoms with Crippen molar-refractivity contribution in [2.75, 3.05) is 6.54 Å². The molecule has 2 heterocycles. The molecule has 44 heavy (non-hydrogen) atoms. The third kappa shape index (κ3) is 5.97. The Morgan fingerprint density at radius 3 is 2.27 bits per heavy atom. The first-order chi connectivity index (χ1) is 21.5. The summed E-state index contributed by atoms with van der Waals surface area (Å²) in [5.41, 5.74) is 3.83. The molecule has 0 unspecified atom stereocenters. The number of halogens is 1. The maximum atomic E-state index is 14.2. The molecule has 1 aliphatic rings. The molecule has 0 atom stereocenters. The van der Waals surface area contributed by atoms with Crippen LogP contribution in [0.4, 0.5) is 9.18 Å². The zero-order valence-electron chi connectivity index (χ0n) is 24.3. The van der Waals surface area contributed by atoms with Crippen LogP contribution in [0.15, 0.2) is 103 Å². The summed E-state index contributed by atoms with van der Waals surface area (Å²) in [4.78, 5) is 33.4. The molecule has 0 spiro atoms. The number of nitrogens with zero attached hydrogens (tertiary/aromatic N) is 2. The van der Waals surface area contributed by atoms with Crippen LogP contribution in [0.25, 0.3) is 10.9 Å². The fraction of sp³-hybridized carbons (Fsp3) is 0.194. The van der Waals surface area contributed by atoms with E-state index in [0.29, 0.717) is 34.3 Å². The van der Waals surface area contributed by atoms with Crippen molar-refractivity contribution in [1.82, 2.24) is 15.2 Å². The van der Waals surface area contributed by atoms with Gasteiger partial charge in [-0.2, -0.15) is 0 Å². The quantitative estimate of drug-likeness (QED) is 0.170. The SMILES string of the molecule is CCCCNC(=O)Oc1c2c(c(OC(c3ccccc3)c3ccccc3)c3ncccc13)C(=O)N(Cc1ccc(F)cc1)C2. The van der Waals surface area contributed by atoms with Crippen LogP contribution in [0.3, 0.4) is 0 Å². The monoisotopic (exact) mass is 589 g/mol. The fourth-order valence-corrected chi connectivity index (χ4v) is 5.47. The van der Waals surface area contributed by atoms with Crippen molar-refractivity contribution < 1.29 is 23.5 Å². The first-order valence-corrected chi connectivity index (χ1v) is 14.7. The predicted molar refractivity (Wildman–Crippen MR) is 166 cm³/mol. The number of rotatable bonds is 10. The van der Waals surface area contributed by atoms with Crippen molar-refractivity contribution in [3.63, 3.8) is 0 Å². The molecule has 8 heteroatoms. The zero-order chi connectivity index (χ0) is 30.5. The molecule has 1 N–H and O–H groups in total. The number of amides is 2. The summed E-state index contributed by atoms with van der Waals surface area (Å²) in [7, 11) is 0. The molecule has 7 nitrogen and oxygen atoms in total. The normalized spacial score (nSPS) is 12.4. The number of aromatic nitrogens is 1. The fourth-order valence-electron chi connectivity index (χ4n) is 5.47. The smallest absolute Gasteiger partial charge is 0.412 e. The minimum Gasteiger partial charge on any atom is -0.478 e. The Hall–Kier alpha value is -5.24. The highest BCUT2D eigenvalue weighted by Gasteiger charge is 2.38. The van der Waals surface area contributed by atoms with Gasteiger partial charge in [-0.05, 0) is 47.4 Å². The Morgan fingerprint density at radius 2 is 1.61 bits per heavy atom. The minimum absolute atomic E-state index is 0.172. The van der Waals surface area contributed by atoms with Gasteiger partial charge in [0.15, 0.2) is 5.75 Å². The van der Waals surface area contributed by atoms with Gasteiger partial charge < -0.3 is 19.7 Å². The lowest BCUT2D eigenvalue weighted by Crippen LogP contribution is -2.28. The van der Waals surface area contributed by atoms with Crippen LogP contribution >= 0.6 is 0 Å². The first-order valence-electron chi connectivity index (χ1n) is 14.7. The van der Waals surface area contributed by atoms with Crippen molar-refractivity contribution in [1.29, 1.82) is 0 Å². The van der Waals surface area contributed by atoms with Gasteiger partial charge in [-0.3, -0.25) is 9.78 Å². The van der Waals surface area contributed by atoms with Crippen molar-refractivity contribution >= 4 is 22.9 Å². The number of pyridine rings is 1. The van der Waals surface area contributed by atoms with Crippen LogP contribution in [0.1, 0.15) is 58.5 Å². The van der Waals surface area contributed by atoms with Gasteiger partial charge >= 0.3 is 6.09 Å². The summed E-state index contributed by atoms with van der Waals surface area (Å²) in [6, 6.07) is 29.2. The van der Waals surface area contributed by atoms with Crippen molar-refractivity contribution in [3.8, 4) is 11.5 Å². The second-order valence-corrected chi connectivity index (χ2v) is 10.7. The van der Waals surface area contributed by atoms with Gasteiger partial charge in [0, 0.05) is 30.2 Å². The lowest BCUT2D eigenvalue weighted by atomic mass is 9.99. The molecule has 222 valence electrons.